The minimum atomic E-state index is -0.647. The first-order valence-corrected chi connectivity index (χ1v) is 8.01. The maximum absolute atomic E-state index is 12.5. The van der Waals surface area contributed by atoms with Gasteiger partial charge in [0.05, 0.1) is 23.7 Å². The molecule has 0 unspecified atom stereocenters. The standard InChI is InChI=1S/C18H12BrNO5/c1-24-18(23)11-7-6-10(19)8-13(11)20-17(22)16-9-14(21)12-4-2-3-5-15(12)25-16/h2-9H,1H3,(H,20,22). The Morgan fingerprint density at radius 2 is 1.88 bits per heavy atom. The summed E-state index contributed by atoms with van der Waals surface area (Å²) >= 11 is 3.28. The van der Waals surface area contributed by atoms with Crippen molar-refractivity contribution < 1.29 is 18.7 Å². The summed E-state index contributed by atoms with van der Waals surface area (Å²) in [4.78, 5) is 36.4. The second-order valence-corrected chi connectivity index (χ2v) is 6.02. The summed E-state index contributed by atoms with van der Waals surface area (Å²) in [7, 11) is 1.25. The number of halogens is 1. The van der Waals surface area contributed by atoms with Gasteiger partial charge in [0, 0.05) is 10.5 Å². The Kier molecular flexibility index (Phi) is 4.67. The Morgan fingerprint density at radius 3 is 2.64 bits per heavy atom. The van der Waals surface area contributed by atoms with E-state index in [0.717, 1.165) is 6.07 Å². The smallest absolute Gasteiger partial charge is 0.339 e. The molecule has 0 saturated carbocycles. The van der Waals surface area contributed by atoms with Crippen LogP contribution in [-0.2, 0) is 4.74 Å². The lowest BCUT2D eigenvalue weighted by atomic mass is 10.1. The maximum atomic E-state index is 12.5. The van der Waals surface area contributed by atoms with Crippen LogP contribution in [0.3, 0.4) is 0 Å². The third kappa shape index (κ3) is 3.46. The molecule has 1 heterocycles. The van der Waals surface area contributed by atoms with Crippen LogP contribution in [0.25, 0.3) is 11.0 Å². The molecule has 3 rings (SSSR count). The minimum absolute atomic E-state index is 0.153. The summed E-state index contributed by atoms with van der Waals surface area (Å²) in [5, 5.41) is 2.96. The van der Waals surface area contributed by atoms with Gasteiger partial charge in [-0.2, -0.15) is 0 Å². The molecular formula is C18H12BrNO5. The van der Waals surface area contributed by atoms with Gasteiger partial charge in [-0.15, -0.1) is 0 Å². The van der Waals surface area contributed by atoms with Gasteiger partial charge in [-0.3, -0.25) is 9.59 Å². The summed E-state index contributed by atoms with van der Waals surface area (Å²) in [6, 6.07) is 12.5. The van der Waals surface area contributed by atoms with Crippen molar-refractivity contribution in [3.63, 3.8) is 0 Å². The fourth-order valence-corrected chi connectivity index (χ4v) is 2.67. The molecule has 0 bridgehead atoms. The molecule has 0 aliphatic heterocycles. The Hall–Kier alpha value is -2.93. The SMILES string of the molecule is COC(=O)c1ccc(Br)cc1NC(=O)c1cc(=O)c2ccccc2o1. The largest absolute Gasteiger partial charge is 0.465 e. The fraction of sp³-hybridized carbons (Fsp3) is 0.0556. The molecule has 1 amide bonds. The topological polar surface area (TPSA) is 85.6 Å². The van der Waals surface area contributed by atoms with Gasteiger partial charge in [0.15, 0.2) is 11.2 Å². The highest BCUT2D eigenvalue weighted by molar-refractivity contribution is 9.10. The van der Waals surface area contributed by atoms with Gasteiger partial charge in [0.2, 0.25) is 0 Å². The van der Waals surface area contributed by atoms with Gasteiger partial charge in [0.1, 0.15) is 5.58 Å². The second-order valence-electron chi connectivity index (χ2n) is 5.11. The number of amides is 1. The molecule has 1 aromatic heterocycles. The highest BCUT2D eigenvalue weighted by Crippen LogP contribution is 2.23. The molecular weight excluding hydrogens is 390 g/mol. The van der Waals surface area contributed by atoms with E-state index < -0.39 is 11.9 Å². The Bertz CT molecular complexity index is 1040. The zero-order valence-electron chi connectivity index (χ0n) is 13.0. The van der Waals surface area contributed by atoms with Crippen LogP contribution < -0.4 is 10.7 Å². The van der Waals surface area contributed by atoms with Gasteiger partial charge in [-0.05, 0) is 30.3 Å². The lowest BCUT2D eigenvalue weighted by Gasteiger charge is -2.10. The average Bonchev–Trinajstić information content (AvgIpc) is 2.61. The number of rotatable bonds is 3. The van der Waals surface area contributed by atoms with Crippen molar-refractivity contribution in [3.05, 3.63) is 74.6 Å². The van der Waals surface area contributed by atoms with Crippen LogP contribution in [0.4, 0.5) is 5.69 Å². The molecule has 0 spiro atoms. The molecule has 126 valence electrons. The lowest BCUT2D eigenvalue weighted by Crippen LogP contribution is -2.17. The van der Waals surface area contributed by atoms with Gasteiger partial charge < -0.3 is 14.5 Å². The zero-order chi connectivity index (χ0) is 18.0. The molecule has 7 heteroatoms. The Balaban J connectivity index is 1.99. The molecule has 1 N–H and O–H groups in total. The van der Waals surface area contributed by atoms with Crippen LogP contribution in [0.1, 0.15) is 20.9 Å². The van der Waals surface area contributed by atoms with Crippen molar-refractivity contribution in [2.45, 2.75) is 0 Å². The first-order chi connectivity index (χ1) is 12.0. The van der Waals surface area contributed by atoms with E-state index in [1.165, 1.54) is 13.2 Å². The van der Waals surface area contributed by atoms with Crippen LogP contribution >= 0.6 is 15.9 Å². The van der Waals surface area contributed by atoms with E-state index in [4.69, 9.17) is 9.15 Å². The van der Waals surface area contributed by atoms with Crippen molar-refractivity contribution in [3.8, 4) is 0 Å². The number of hydrogen-bond donors (Lipinski definition) is 1. The van der Waals surface area contributed by atoms with E-state index in [2.05, 4.69) is 21.2 Å². The number of ether oxygens (including phenoxy) is 1. The van der Waals surface area contributed by atoms with Crippen LogP contribution in [-0.4, -0.2) is 19.0 Å². The Labute approximate surface area is 150 Å². The van der Waals surface area contributed by atoms with E-state index in [9.17, 15) is 14.4 Å². The number of esters is 1. The predicted octanol–water partition coefficient (Wildman–Crippen LogP) is 3.59. The van der Waals surface area contributed by atoms with Crippen molar-refractivity contribution >= 4 is 44.5 Å². The minimum Gasteiger partial charge on any atom is -0.465 e. The monoisotopic (exact) mass is 401 g/mol. The predicted molar refractivity (Wildman–Crippen MR) is 95.9 cm³/mol. The first-order valence-electron chi connectivity index (χ1n) is 7.21. The molecule has 2 aromatic carbocycles. The number of benzene rings is 2. The van der Waals surface area contributed by atoms with Crippen molar-refractivity contribution in [1.29, 1.82) is 0 Å². The maximum Gasteiger partial charge on any atom is 0.339 e. The Morgan fingerprint density at radius 1 is 1.12 bits per heavy atom. The number of nitrogens with one attached hydrogen (secondary N) is 1. The summed E-state index contributed by atoms with van der Waals surface area (Å²) in [5.41, 5.74) is 0.404. The molecule has 0 aliphatic carbocycles. The number of methoxy groups -OCH3 is 1. The number of carbonyl (C=O) groups is 2. The van der Waals surface area contributed by atoms with Crippen molar-refractivity contribution in [2.75, 3.05) is 12.4 Å². The van der Waals surface area contributed by atoms with Crippen LogP contribution in [0, 0.1) is 0 Å². The van der Waals surface area contributed by atoms with Gasteiger partial charge in [-0.25, -0.2) is 4.79 Å². The molecule has 0 aliphatic rings. The number of fused-ring (bicyclic) bond motifs is 1. The van der Waals surface area contributed by atoms with E-state index in [1.54, 1.807) is 36.4 Å². The molecule has 3 aromatic rings. The van der Waals surface area contributed by atoms with Crippen LogP contribution in [0.15, 0.2) is 62.2 Å². The quantitative estimate of drug-likeness (QED) is 0.677. The number of carbonyl (C=O) groups excluding carboxylic acids is 2. The van der Waals surface area contributed by atoms with E-state index in [1.807, 2.05) is 0 Å². The summed E-state index contributed by atoms with van der Waals surface area (Å²) in [6.07, 6.45) is 0. The van der Waals surface area contributed by atoms with Crippen LogP contribution in [0.5, 0.6) is 0 Å². The molecule has 0 radical (unpaired) electrons. The third-order valence-electron chi connectivity index (χ3n) is 3.49. The second kappa shape index (κ2) is 6.90. The van der Waals surface area contributed by atoms with Crippen molar-refractivity contribution in [2.24, 2.45) is 0 Å². The molecule has 0 atom stereocenters. The average molecular weight is 402 g/mol. The number of hydrogen-bond acceptors (Lipinski definition) is 5. The normalized spacial score (nSPS) is 10.5. The lowest BCUT2D eigenvalue weighted by molar-refractivity contribution is 0.0602. The molecule has 0 fully saturated rings. The number of anilines is 1. The zero-order valence-corrected chi connectivity index (χ0v) is 14.6. The fourth-order valence-electron chi connectivity index (χ4n) is 2.31. The summed E-state index contributed by atoms with van der Waals surface area (Å²) in [6.45, 7) is 0. The third-order valence-corrected chi connectivity index (χ3v) is 3.99. The summed E-state index contributed by atoms with van der Waals surface area (Å²) in [5.74, 6) is -1.40. The molecule has 25 heavy (non-hydrogen) atoms. The van der Waals surface area contributed by atoms with E-state index >= 15 is 0 Å². The van der Waals surface area contributed by atoms with Gasteiger partial charge >= 0.3 is 5.97 Å². The van der Waals surface area contributed by atoms with Crippen LogP contribution in [0.2, 0.25) is 0 Å². The molecule has 6 nitrogen and oxygen atoms in total. The van der Waals surface area contributed by atoms with Crippen molar-refractivity contribution in [1.82, 2.24) is 0 Å². The first kappa shape index (κ1) is 16.9. The van der Waals surface area contributed by atoms with Gasteiger partial charge in [0.25, 0.3) is 5.91 Å². The number of para-hydroxylation sites is 1. The van der Waals surface area contributed by atoms with E-state index in [-0.39, 0.29) is 22.4 Å². The highest BCUT2D eigenvalue weighted by Gasteiger charge is 2.17. The highest BCUT2D eigenvalue weighted by atomic mass is 79.9. The summed E-state index contributed by atoms with van der Waals surface area (Å²) < 4.78 is 10.9. The van der Waals surface area contributed by atoms with Gasteiger partial charge in [-0.1, -0.05) is 28.1 Å². The molecule has 0 saturated heterocycles. The van der Waals surface area contributed by atoms with E-state index in [0.29, 0.717) is 15.4 Å².